The van der Waals surface area contributed by atoms with Crippen LogP contribution in [0.25, 0.3) is 10.9 Å². The molecule has 18 heavy (non-hydrogen) atoms. The quantitative estimate of drug-likeness (QED) is 0.757. The first-order chi connectivity index (χ1) is 8.75. The van der Waals surface area contributed by atoms with E-state index < -0.39 is 0 Å². The van der Waals surface area contributed by atoms with Gasteiger partial charge in [0.15, 0.2) is 5.82 Å². The van der Waals surface area contributed by atoms with E-state index in [2.05, 4.69) is 31.4 Å². The van der Waals surface area contributed by atoms with Gasteiger partial charge in [0.25, 0.3) is 5.91 Å². The van der Waals surface area contributed by atoms with Crippen LogP contribution in [0.15, 0.2) is 40.2 Å². The van der Waals surface area contributed by atoms with Gasteiger partial charge in [-0.05, 0) is 39.5 Å². The minimum atomic E-state index is -0.158. The number of halogens is 1. The number of carbonyl (C=O) groups excluding carboxylic acids is 1. The summed E-state index contributed by atoms with van der Waals surface area (Å²) in [6.45, 7) is 0. The number of thiophene rings is 1. The molecule has 0 unspecified atom stereocenters. The maximum absolute atomic E-state index is 12.1. The highest BCUT2D eigenvalue weighted by molar-refractivity contribution is 9.10. The number of fused-ring (bicyclic) bond motifs is 1. The fourth-order valence-electron chi connectivity index (χ4n) is 1.68. The molecule has 0 atom stereocenters. The largest absolute Gasteiger partial charge is 0.304 e. The summed E-state index contributed by atoms with van der Waals surface area (Å²) in [4.78, 5) is 12.7. The summed E-state index contributed by atoms with van der Waals surface area (Å²) in [5.74, 6) is 0.394. The van der Waals surface area contributed by atoms with Gasteiger partial charge in [-0.25, -0.2) is 0 Å². The van der Waals surface area contributed by atoms with Gasteiger partial charge >= 0.3 is 0 Å². The standard InChI is InChI=1S/C12H8BrN3OS/c13-8-5-6-18-10(8)12(17)14-11-7-3-1-2-4-9(7)15-16-11/h1-6H,(H2,14,15,16,17). The molecule has 0 spiro atoms. The summed E-state index contributed by atoms with van der Waals surface area (Å²) in [6, 6.07) is 9.51. The molecule has 1 amide bonds. The Kier molecular flexibility index (Phi) is 2.89. The molecule has 6 heteroatoms. The lowest BCUT2D eigenvalue weighted by atomic mass is 10.2. The van der Waals surface area contributed by atoms with Crippen LogP contribution in [0.1, 0.15) is 9.67 Å². The average molecular weight is 322 g/mol. The zero-order chi connectivity index (χ0) is 12.5. The number of hydrogen-bond donors (Lipinski definition) is 2. The van der Waals surface area contributed by atoms with Gasteiger partial charge < -0.3 is 5.32 Å². The van der Waals surface area contributed by atoms with Crippen LogP contribution in [-0.2, 0) is 0 Å². The number of aromatic nitrogens is 2. The number of rotatable bonds is 2. The Labute approximate surface area is 115 Å². The highest BCUT2D eigenvalue weighted by Crippen LogP contribution is 2.25. The molecule has 0 bridgehead atoms. The molecule has 0 radical (unpaired) electrons. The normalized spacial score (nSPS) is 10.7. The van der Waals surface area contributed by atoms with E-state index in [9.17, 15) is 4.79 Å². The fraction of sp³-hybridized carbons (Fsp3) is 0. The second-order valence-electron chi connectivity index (χ2n) is 3.67. The summed E-state index contributed by atoms with van der Waals surface area (Å²) in [7, 11) is 0. The molecular formula is C12H8BrN3OS. The maximum Gasteiger partial charge on any atom is 0.268 e. The minimum Gasteiger partial charge on any atom is -0.304 e. The molecule has 0 aliphatic rings. The molecule has 2 N–H and O–H groups in total. The monoisotopic (exact) mass is 321 g/mol. The molecule has 0 aliphatic carbocycles. The van der Waals surface area contributed by atoms with Crippen LogP contribution in [0.3, 0.4) is 0 Å². The second-order valence-corrected chi connectivity index (χ2v) is 5.44. The third-order valence-corrected chi connectivity index (χ3v) is 4.36. The lowest BCUT2D eigenvalue weighted by Gasteiger charge is -2.00. The number of H-pyrrole nitrogens is 1. The molecule has 0 saturated heterocycles. The van der Waals surface area contributed by atoms with Crippen molar-refractivity contribution in [3.8, 4) is 0 Å². The average Bonchev–Trinajstić information content (AvgIpc) is 2.97. The number of nitrogens with zero attached hydrogens (tertiary/aromatic N) is 1. The molecule has 2 aromatic heterocycles. The molecule has 0 fully saturated rings. The van der Waals surface area contributed by atoms with Crippen LogP contribution in [0.2, 0.25) is 0 Å². The van der Waals surface area contributed by atoms with Crippen molar-refractivity contribution in [3.05, 3.63) is 45.1 Å². The van der Waals surface area contributed by atoms with Gasteiger partial charge in [0.05, 0.1) is 5.52 Å². The predicted octanol–water partition coefficient (Wildman–Crippen LogP) is 3.64. The predicted molar refractivity (Wildman–Crippen MR) is 76.1 cm³/mol. The van der Waals surface area contributed by atoms with Crippen molar-refractivity contribution in [3.63, 3.8) is 0 Å². The summed E-state index contributed by atoms with van der Waals surface area (Å²) < 4.78 is 0.796. The van der Waals surface area contributed by atoms with Gasteiger partial charge in [0.2, 0.25) is 0 Å². The van der Waals surface area contributed by atoms with Crippen molar-refractivity contribution in [1.82, 2.24) is 10.2 Å². The van der Waals surface area contributed by atoms with Crippen LogP contribution >= 0.6 is 27.3 Å². The molecule has 3 aromatic rings. The highest BCUT2D eigenvalue weighted by Gasteiger charge is 2.14. The van der Waals surface area contributed by atoms with Crippen molar-refractivity contribution >= 4 is 49.9 Å². The Morgan fingerprint density at radius 2 is 2.17 bits per heavy atom. The first kappa shape index (κ1) is 11.4. The smallest absolute Gasteiger partial charge is 0.268 e. The zero-order valence-electron chi connectivity index (χ0n) is 9.11. The number of anilines is 1. The van der Waals surface area contributed by atoms with Gasteiger partial charge in [0, 0.05) is 9.86 Å². The number of hydrogen-bond acceptors (Lipinski definition) is 3. The Hall–Kier alpha value is -1.66. The van der Waals surface area contributed by atoms with E-state index in [1.165, 1.54) is 11.3 Å². The van der Waals surface area contributed by atoms with E-state index in [1.54, 1.807) is 0 Å². The minimum absolute atomic E-state index is 0.158. The number of aromatic amines is 1. The Morgan fingerprint density at radius 3 is 2.94 bits per heavy atom. The summed E-state index contributed by atoms with van der Waals surface area (Å²) in [5.41, 5.74) is 0.901. The molecule has 1 aromatic carbocycles. The van der Waals surface area contributed by atoms with Gasteiger partial charge in [-0.2, -0.15) is 5.10 Å². The Morgan fingerprint density at radius 1 is 1.33 bits per heavy atom. The molecule has 4 nitrogen and oxygen atoms in total. The fourth-order valence-corrected chi connectivity index (χ4v) is 3.13. The number of nitrogens with one attached hydrogen (secondary N) is 2. The van der Waals surface area contributed by atoms with E-state index in [0.29, 0.717) is 10.7 Å². The summed E-state index contributed by atoms with van der Waals surface area (Å²) >= 11 is 4.73. The topological polar surface area (TPSA) is 57.8 Å². The highest BCUT2D eigenvalue weighted by atomic mass is 79.9. The molecule has 90 valence electrons. The zero-order valence-corrected chi connectivity index (χ0v) is 11.5. The third-order valence-electron chi connectivity index (χ3n) is 2.53. The number of amides is 1. The molecule has 3 rings (SSSR count). The first-order valence-corrected chi connectivity index (χ1v) is 6.90. The second kappa shape index (κ2) is 4.55. The Balaban J connectivity index is 1.93. The lowest BCUT2D eigenvalue weighted by molar-refractivity contribution is 0.102. The van der Waals surface area contributed by atoms with Crippen LogP contribution in [0, 0.1) is 0 Å². The van der Waals surface area contributed by atoms with Gasteiger partial charge in [-0.15, -0.1) is 11.3 Å². The van der Waals surface area contributed by atoms with E-state index in [1.807, 2.05) is 35.7 Å². The van der Waals surface area contributed by atoms with E-state index in [4.69, 9.17) is 0 Å². The number of carbonyl (C=O) groups is 1. The maximum atomic E-state index is 12.1. The third kappa shape index (κ3) is 1.93. The van der Waals surface area contributed by atoms with Crippen LogP contribution in [0.4, 0.5) is 5.82 Å². The van der Waals surface area contributed by atoms with Crippen LogP contribution in [-0.4, -0.2) is 16.1 Å². The first-order valence-electron chi connectivity index (χ1n) is 5.23. The molecule has 0 saturated carbocycles. The van der Waals surface area contributed by atoms with E-state index >= 15 is 0 Å². The van der Waals surface area contributed by atoms with Crippen molar-refractivity contribution in [2.75, 3.05) is 5.32 Å². The lowest BCUT2D eigenvalue weighted by Crippen LogP contribution is -2.11. The SMILES string of the molecule is O=C(Nc1n[nH]c2ccccc12)c1sccc1Br. The van der Waals surface area contributed by atoms with Crippen LogP contribution < -0.4 is 5.32 Å². The van der Waals surface area contributed by atoms with Gasteiger partial charge in [-0.3, -0.25) is 9.89 Å². The van der Waals surface area contributed by atoms with E-state index in [0.717, 1.165) is 15.4 Å². The van der Waals surface area contributed by atoms with Crippen LogP contribution in [0.5, 0.6) is 0 Å². The number of para-hydroxylation sites is 1. The van der Waals surface area contributed by atoms with Crippen molar-refractivity contribution in [2.24, 2.45) is 0 Å². The molecule has 2 heterocycles. The summed E-state index contributed by atoms with van der Waals surface area (Å²) in [5, 5.41) is 12.6. The van der Waals surface area contributed by atoms with E-state index in [-0.39, 0.29) is 5.91 Å². The van der Waals surface area contributed by atoms with Crippen molar-refractivity contribution in [2.45, 2.75) is 0 Å². The molecule has 0 aliphatic heterocycles. The molecular weight excluding hydrogens is 314 g/mol. The van der Waals surface area contributed by atoms with Crippen molar-refractivity contribution in [1.29, 1.82) is 0 Å². The Bertz CT molecular complexity index is 719. The van der Waals surface area contributed by atoms with Gasteiger partial charge in [-0.1, -0.05) is 12.1 Å². The number of benzene rings is 1. The van der Waals surface area contributed by atoms with Gasteiger partial charge in [0.1, 0.15) is 4.88 Å². The van der Waals surface area contributed by atoms with Crippen molar-refractivity contribution < 1.29 is 4.79 Å². The summed E-state index contributed by atoms with van der Waals surface area (Å²) in [6.07, 6.45) is 0.